The minimum atomic E-state index is -0.148. The van der Waals surface area contributed by atoms with Gasteiger partial charge in [-0.2, -0.15) is 0 Å². The molecule has 0 rings (SSSR count). The highest BCUT2D eigenvalue weighted by Gasteiger charge is 2.21. The standard InChI is InChI=1S/C60H118N2O7/c1-8-13-18-31-42-55(43-32-19-14-9-2)67-58(63)48-37-28-24-22-26-35-46-57(69-60(65)62(52-41-50-61(6)7)51-39-30-40-54-66-53-17-12-5)47-36-27-23-25-29-38-49-59(64)68-56(44-33-20-15-10-3)45-34-21-16-11-4/h55-57H,8-54H2,1-7H3. The smallest absolute Gasteiger partial charge is 0.410 e. The van der Waals surface area contributed by atoms with Crippen LogP contribution in [-0.4, -0.2) is 93.1 Å². The molecular formula is C60H118N2O7. The van der Waals surface area contributed by atoms with Crippen molar-refractivity contribution in [3.8, 4) is 0 Å². The molecule has 0 spiro atoms. The van der Waals surface area contributed by atoms with Crippen molar-refractivity contribution in [1.29, 1.82) is 0 Å². The van der Waals surface area contributed by atoms with Gasteiger partial charge in [0.25, 0.3) is 0 Å². The fraction of sp³-hybridized carbons (Fsp3) is 0.950. The molecule has 0 aliphatic heterocycles. The summed E-state index contributed by atoms with van der Waals surface area (Å²) in [6, 6.07) is 0. The van der Waals surface area contributed by atoms with Crippen LogP contribution in [0, 0.1) is 0 Å². The lowest BCUT2D eigenvalue weighted by atomic mass is 10.0. The summed E-state index contributed by atoms with van der Waals surface area (Å²) in [7, 11) is 4.17. The lowest BCUT2D eigenvalue weighted by Crippen LogP contribution is -2.37. The fourth-order valence-corrected chi connectivity index (χ4v) is 9.29. The summed E-state index contributed by atoms with van der Waals surface area (Å²) in [6.45, 7) is 15.2. The van der Waals surface area contributed by atoms with E-state index in [9.17, 15) is 14.4 Å². The first kappa shape index (κ1) is 67.1. The second kappa shape index (κ2) is 52.5. The zero-order valence-corrected chi connectivity index (χ0v) is 47.2. The third-order valence-corrected chi connectivity index (χ3v) is 13.8. The van der Waals surface area contributed by atoms with Crippen molar-refractivity contribution in [2.24, 2.45) is 0 Å². The van der Waals surface area contributed by atoms with Crippen molar-refractivity contribution in [2.75, 3.05) is 46.9 Å². The summed E-state index contributed by atoms with van der Waals surface area (Å²) in [5.41, 5.74) is 0. The Bertz CT molecular complexity index is 1020. The molecule has 410 valence electrons. The van der Waals surface area contributed by atoms with Gasteiger partial charge in [-0.05, 0) is 143 Å². The zero-order valence-electron chi connectivity index (χ0n) is 47.2. The van der Waals surface area contributed by atoms with Gasteiger partial charge in [0, 0.05) is 39.1 Å². The minimum absolute atomic E-state index is 0.00665. The molecule has 0 fully saturated rings. The second-order valence-corrected chi connectivity index (χ2v) is 21.1. The lowest BCUT2D eigenvalue weighted by molar-refractivity contribution is -0.151. The van der Waals surface area contributed by atoms with Crippen molar-refractivity contribution in [3.63, 3.8) is 0 Å². The van der Waals surface area contributed by atoms with E-state index in [0.717, 1.165) is 213 Å². The van der Waals surface area contributed by atoms with Crippen molar-refractivity contribution in [3.05, 3.63) is 0 Å². The van der Waals surface area contributed by atoms with E-state index in [1.807, 2.05) is 4.90 Å². The lowest BCUT2D eigenvalue weighted by Gasteiger charge is -2.26. The largest absolute Gasteiger partial charge is 0.462 e. The van der Waals surface area contributed by atoms with Crippen molar-refractivity contribution >= 4 is 18.0 Å². The summed E-state index contributed by atoms with van der Waals surface area (Å²) < 4.78 is 24.2. The van der Waals surface area contributed by atoms with Gasteiger partial charge in [-0.15, -0.1) is 0 Å². The Kier molecular flexibility index (Phi) is 51.0. The van der Waals surface area contributed by atoms with Gasteiger partial charge >= 0.3 is 18.0 Å². The van der Waals surface area contributed by atoms with Gasteiger partial charge in [0.15, 0.2) is 0 Å². The Morgan fingerprint density at radius 1 is 0.333 bits per heavy atom. The molecule has 0 atom stereocenters. The fourth-order valence-electron chi connectivity index (χ4n) is 9.29. The quantitative estimate of drug-likeness (QED) is 0.0338. The molecule has 0 aromatic rings. The molecule has 0 unspecified atom stereocenters. The molecule has 0 aromatic carbocycles. The highest BCUT2D eigenvalue weighted by molar-refractivity contribution is 5.70. The van der Waals surface area contributed by atoms with E-state index in [1.54, 1.807) is 0 Å². The van der Waals surface area contributed by atoms with Crippen molar-refractivity contribution in [2.45, 2.75) is 323 Å². The Hall–Kier alpha value is -1.87. The molecule has 0 N–H and O–H groups in total. The van der Waals surface area contributed by atoms with E-state index in [2.05, 4.69) is 53.6 Å². The summed E-state index contributed by atoms with van der Waals surface area (Å²) in [4.78, 5) is 43.6. The number of rotatable bonds is 54. The molecule has 0 saturated carbocycles. The number of amides is 1. The van der Waals surface area contributed by atoms with Crippen LogP contribution < -0.4 is 0 Å². The first-order chi connectivity index (χ1) is 33.7. The number of ether oxygens (including phenoxy) is 4. The molecular weight excluding hydrogens is 861 g/mol. The van der Waals surface area contributed by atoms with E-state index >= 15 is 0 Å². The first-order valence-electron chi connectivity index (χ1n) is 30.3. The van der Waals surface area contributed by atoms with Gasteiger partial charge in [-0.3, -0.25) is 9.59 Å². The monoisotopic (exact) mass is 979 g/mol. The number of nitrogens with zero attached hydrogens (tertiary/aromatic N) is 2. The molecule has 0 aliphatic rings. The number of unbranched alkanes of at least 4 members (excludes halogenated alkanes) is 25. The van der Waals surface area contributed by atoms with Crippen LogP contribution in [0.4, 0.5) is 4.79 Å². The van der Waals surface area contributed by atoms with Gasteiger partial charge in [0.1, 0.15) is 18.3 Å². The van der Waals surface area contributed by atoms with E-state index in [1.165, 1.54) is 77.0 Å². The summed E-state index contributed by atoms with van der Waals surface area (Å²) >= 11 is 0. The van der Waals surface area contributed by atoms with E-state index < -0.39 is 0 Å². The van der Waals surface area contributed by atoms with Crippen LogP contribution >= 0.6 is 0 Å². The highest BCUT2D eigenvalue weighted by Crippen LogP contribution is 2.22. The average Bonchev–Trinajstić information content (AvgIpc) is 3.33. The Morgan fingerprint density at radius 3 is 1.04 bits per heavy atom. The molecule has 0 saturated heterocycles. The van der Waals surface area contributed by atoms with E-state index in [-0.39, 0.29) is 36.3 Å². The van der Waals surface area contributed by atoms with Crippen LogP contribution in [0.5, 0.6) is 0 Å². The minimum Gasteiger partial charge on any atom is -0.462 e. The van der Waals surface area contributed by atoms with E-state index in [0.29, 0.717) is 12.8 Å². The van der Waals surface area contributed by atoms with Gasteiger partial charge < -0.3 is 28.7 Å². The number of hydrogen-bond acceptors (Lipinski definition) is 8. The molecule has 0 radical (unpaired) electrons. The van der Waals surface area contributed by atoms with Crippen LogP contribution in [0.25, 0.3) is 0 Å². The zero-order chi connectivity index (χ0) is 50.7. The maximum atomic E-state index is 13.8. The number of esters is 2. The van der Waals surface area contributed by atoms with Gasteiger partial charge in [-0.1, -0.05) is 169 Å². The third-order valence-electron chi connectivity index (χ3n) is 13.8. The van der Waals surface area contributed by atoms with E-state index in [4.69, 9.17) is 18.9 Å². The Morgan fingerprint density at radius 2 is 0.652 bits per heavy atom. The molecule has 9 heteroatoms. The second-order valence-electron chi connectivity index (χ2n) is 21.1. The molecule has 9 nitrogen and oxygen atoms in total. The van der Waals surface area contributed by atoms with Crippen LogP contribution in [0.3, 0.4) is 0 Å². The predicted molar refractivity (Wildman–Crippen MR) is 293 cm³/mol. The molecule has 0 aliphatic carbocycles. The SMILES string of the molecule is CCCCCCC(CCCCCC)OC(=O)CCCCCCCCC(CCCCCCCCC(=O)OC(CCCCCC)CCCCCC)OC(=O)N(CCCCCOCCCC)CCCN(C)C. The first-order valence-corrected chi connectivity index (χ1v) is 30.3. The van der Waals surface area contributed by atoms with Crippen molar-refractivity contribution in [1.82, 2.24) is 9.80 Å². The molecule has 1 amide bonds. The maximum absolute atomic E-state index is 13.8. The Labute approximate surface area is 429 Å². The molecule has 69 heavy (non-hydrogen) atoms. The normalized spacial score (nSPS) is 11.7. The molecule has 0 heterocycles. The summed E-state index contributed by atoms with van der Waals surface area (Å²) in [5, 5.41) is 0. The predicted octanol–water partition coefficient (Wildman–Crippen LogP) is 17.7. The molecule has 0 bridgehead atoms. The number of carbonyl (C=O) groups is 3. The van der Waals surface area contributed by atoms with Gasteiger partial charge in [0.2, 0.25) is 0 Å². The third kappa shape index (κ3) is 46.9. The average molecular weight is 980 g/mol. The topological polar surface area (TPSA) is 94.6 Å². The van der Waals surface area contributed by atoms with Crippen LogP contribution in [-0.2, 0) is 28.5 Å². The van der Waals surface area contributed by atoms with Crippen molar-refractivity contribution < 1.29 is 33.3 Å². The number of hydrogen-bond donors (Lipinski definition) is 0. The maximum Gasteiger partial charge on any atom is 0.410 e. The summed E-state index contributed by atoms with van der Waals surface area (Å²) in [6.07, 6.45) is 45.3. The Balaban J connectivity index is 5.08. The van der Waals surface area contributed by atoms with Crippen LogP contribution in [0.1, 0.15) is 304 Å². The van der Waals surface area contributed by atoms with Gasteiger partial charge in [0.05, 0.1) is 0 Å². The van der Waals surface area contributed by atoms with Crippen LogP contribution in [0.15, 0.2) is 0 Å². The highest BCUT2D eigenvalue weighted by atomic mass is 16.6. The van der Waals surface area contributed by atoms with Crippen LogP contribution in [0.2, 0.25) is 0 Å². The number of carbonyl (C=O) groups excluding carboxylic acids is 3. The summed E-state index contributed by atoms with van der Waals surface area (Å²) in [5.74, 6) is -0.0133. The van der Waals surface area contributed by atoms with Gasteiger partial charge in [-0.25, -0.2) is 4.79 Å². The molecule has 0 aromatic heterocycles.